The van der Waals surface area contributed by atoms with Crippen LogP contribution in [-0.2, 0) is 0 Å². The first-order chi connectivity index (χ1) is 5.90. The molecule has 1 unspecified atom stereocenters. The molecule has 1 aliphatic carbocycles. The van der Waals surface area contributed by atoms with Gasteiger partial charge >= 0.3 is 0 Å². The van der Waals surface area contributed by atoms with Gasteiger partial charge in [-0.05, 0) is 24.7 Å². The van der Waals surface area contributed by atoms with Crippen molar-refractivity contribution in [1.82, 2.24) is 0 Å². The van der Waals surface area contributed by atoms with Crippen molar-refractivity contribution < 1.29 is 5.11 Å². The van der Waals surface area contributed by atoms with Crippen molar-refractivity contribution in [3.8, 4) is 0 Å². The molecule has 1 atom stereocenters. The number of nitrogens with two attached hydrogens (primary N) is 1. The van der Waals surface area contributed by atoms with Gasteiger partial charge in [-0.3, -0.25) is 0 Å². The maximum Gasteiger partial charge on any atom is 0.0613 e. The van der Waals surface area contributed by atoms with Crippen LogP contribution in [0.3, 0.4) is 0 Å². The number of aliphatic hydroxyl groups is 1. The smallest absolute Gasteiger partial charge is 0.0613 e. The van der Waals surface area contributed by atoms with Gasteiger partial charge in [0.15, 0.2) is 0 Å². The van der Waals surface area contributed by atoms with Gasteiger partial charge in [0.05, 0.1) is 6.10 Å². The first-order valence-corrected chi connectivity index (χ1v) is 5.28. The zero-order chi connectivity index (χ0) is 10.1. The van der Waals surface area contributed by atoms with Crippen LogP contribution >= 0.6 is 0 Å². The Labute approximate surface area is 81.5 Å². The van der Waals surface area contributed by atoms with Crippen molar-refractivity contribution in [1.29, 1.82) is 0 Å². The van der Waals surface area contributed by atoms with Crippen molar-refractivity contribution in [2.24, 2.45) is 16.6 Å². The Kier molecular flexibility index (Phi) is 3.03. The molecule has 13 heavy (non-hydrogen) atoms. The fourth-order valence-electron chi connectivity index (χ4n) is 2.10. The maximum atomic E-state index is 10.1. The first kappa shape index (κ1) is 11.0. The Hall–Kier alpha value is -0.0800. The monoisotopic (exact) mass is 185 g/mol. The molecule has 0 aromatic heterocycles. The topological polar surface area (TPSA) is 46.2 Å². The van der Waals surface area contributed by atoms with Crippen LogP contribution in [0.1, 0.15) is 46.5 Å². The summed E-state index contributed by atoms with van der Waals surface area (Å²) >= 11 is 0. The summed E-state index contributed by atoms with van der Waals surface area (Å²) in [6.45, 7) is 7.14. The minimum Gasteiger partial charge on any atom is -0.392 e. The lowest BCUT2D eigenvalue weighted by Gasteiger charge is -2.46. The molecule has 2 heteroatoms. The average molecular weight is 185 g/mol. The molecule has 0 aromatic rings. The van der Waals surface area contributed by atoms with E-state index < -0.39 is 0 Å². The lowest BCUT2D eigenvalue weighted by molar-refractivity contribution is -0.0481. The van der Waals surface area contributed by atoms with Crippen LogP contribution in [0.2, 0.25) is 0 Å². The molecule has 0 saturated heterocycles. The maximum absolute atomic E-state index is 10.1. The van der Waals surface area contributed by atoms with E-state index in [1.807, 2.05) is 0 Å². The van der Waals surface area contributed by atoms with E-state index in [9.17, 15) is 5.11 Å². The van der Waals surface area contributed by atoms with E-state index in [1.165, 1.54) is 6.42 Å². The average Bonchev–Trinajstić information content (AvgIpc) is 1.80. The summed E-state index contributed by atoms with van der Waals surface area (Å²) in [7, 11) is 0. The lowest BCUT2D eigenvalue weighted by atomic mass is 9.62. The number of hydrogen-bond donors (Lipinski definition) is 2. The Morgan fingerprint density at radius 2 is 1.92 bits per heavy atom. The van der Waals surface area contributed by atoms with E-state index in [4.69, 9.17) is 5.73 Å². The van der Waals surface area contributed by atoms with Crippen LogP contribution in [0.5, 0.6) is 0 Å². The van der Waals surface area contributed by atoms with Gasteiger partial charge in [0.25, 0.3) is 0 Å². The molecule has 1 aliphatic rings. The zero-order valence-electron chi connectivity index (χ0n) is 9.14. The highest BCUT2D eigenvalue weighted by Crippen LogP contribution is 2.45. The predicted octanol–water partition coefficient (Wildman–Crippen LogP) is 1.91. The Bertz CT molecular complexity index is 162. The standard InChI is InChI=1S/C11H23NO/c1-10(2,3)7-9(13)11(8-12)5-4-6-11/h9,13H,4-8,12H2,1-3H3. The first-order valence-electron chi connectivity index (χ1n) is 5.28. The SMILES string of the molecule is CC(C)(C)CC(O)C1(CN)CCC1. The number of hydrogen-bond acceptors (Lipinski definition) is 2. The molecule has 3 N–H and O–H groups in total. The quantitative estimate of drug-likeness (QED) is 0.705. The van der Waals surface area contributed by atoms with Gasteiger partial charge in [-0.1, -0.05) is 27.2 Å². The molecule has 0 aliphatic heterocycles. The van der Waals surface area contributed by atoms with Crippen molar-refractivity contribution in [2.45, 2.75) is 52.6 Å². The molecule has 1 rings (SSSR count). The van der Waals surface area contributed by atoms with Crippen LogP contribution in [0.25, 0.3) is 0 Å². The van der Waals surface area contributed by atoms with Crippen LogP contribution in [0.4, 0.5) is 0 Å². The minimum atomic E-state index is -0.203. The third kappa shape index (κ3) is 2.44. The molecule has 1 saturated carbocycles. The van der Waals surface area contributed by atoms with E-state index in [-0.39, 0.29) is 16.9 Å². The van der Waals surface area contributed by atoms with E-state index >= 15 is 0 Å². The van der Waals surface area contributed by atoms with E-state index in [2.05, 4.69) is 20.8 Å². The third-order valence-corrected chi connectivity index (χ3v) is 3.27. The van der Waals surface area contributed by atoms with E-state index in [1.54, 1.807) is 0 Å². The lowest BCUT2D eigenvalue weighted by Crippen LogP contribution is -2.48. The van der Waals surface area contributed by atoms with Crippen molar-refractivity contribution >= 4 is 0 Å². The molecule has 2 nitrogen and oxygen atoms in total. The summed E-state index contributed by atoms with van der Waals surface area (Å²) in [6, 6.07) is 0. The van der Waals surface area contributed by atoms with Gasteiger partial charge in [0.2, 0.25) is 0 Å². The number of rotatable bonds is 3. The second kappa shape index (κ2) is 3.58. The van der Waals surface area contributed by atoms with Crippen LogP contribution in [-0.4, -0.2) is 17.8 Å². The van der Waals surface area contributed by atoms with Crippen LogP contribution in [0.15, 0.2) is 0 Å². The van der Waals surface area contributed by atoms with Crippen LogP contribution in [0, 0.1) is 10.8 Å². The third-order valence-electron chi connectivity index (χ3n) is 3.27. The van der Waals surface area contributed by atoms with Gasteiger partial charge in [-0.15, -0.1) is 0 Å². The summed E-state index contributed by atoms with van der Waals surface area (Å²) < 4.78 is 0. The normalized spacial score (nSPS) is 23.8. The minimum absolute atomic E-state index is 0.0628. The summed E-state index contributed by atoms with van der Waals surface area (Å²) in [6.07, 6.45) is 4.12. The highest BCUT2D eigenvalue weighted by molar-refractivity contribution is 4.95. The van der Waals surface area contributed by atoms with Crippen molar-refractivity contribution in [3.63, 3.8) is 0 Å². The molecule has 0 spiro atoms. The highest BCUT2D eigenvalue weighted by Gasteiger charge is 2.43. The predicted molar refractivity (Wildman–Crippen MR) is 55.4 cm³/mol. The van der Waals surface area contributed by atoms with Gasteiger partial charge < -0.3 is 10.8 Å². The Morgan fingerprint density at radius 3 is 2.15 bits per heavy atom. The molecule has 78 valence electrons. The molecule has 0 radical (unpaired) electrons. The summed E-state index contributed by atoms with van der Waals surface area (Å²) in [4.78, 5) is 0. The summed E-state index contributed by atoms with van der Waals surface area (Å²) in [5.41, 5.74) is 6.00. The van der Waals surface area contributed by atoms with Crippen molar-refractivity contribution in [3.05, 3.63) is 0 Å². The molecule has 0 amide bonds. The van der Waals surface area contributed by atoms with Gasteiger partial charge in [0, 0.05) is 12.0 Å². The summed E-state index contributed by atoms with van der Waals surface area (Å²) in [5, 5.41) is 10.1. The van der Waals surface area contributed by atoms with Crippen LogP contribution < -0.4 is 5.73 Å². The van der Waals surface area contributed by atoms with Gasteiger partial charge in [-0.25, -0.2) is 0 Å². The molecule has 0 heterocycles. The molecule has 0 aromatic carbocycles. The second-order valence-corrected chi connectivity index (χ2v) is 5.70. The largest absolute Gasteiger partial charge is 0.392 e. The van der Waals surface area contributed by atoms with E-state index in [0.717, 1.165) is 19.3 Å². The molecule has 1 fully saturated rings. The number of aliphatic hydroxyl groups excluding tert-OH is 1. The van der Waals surface area contributed by atoms with Gasteiger partial charge in [-0.2, -0.15) is 0 Å². The van der Waals surface area contributed by atoms with E-state index in [0.29, 0.717) is 6.54 Å². The Balaban J connectivity index is 2.50. The Morgan fingerprint density at radius 1 is 1.38 bits per heavy atom. The fourth-order valence-corrected chi connectivity index (χ4v) is 2.10. The molecular weight excluding hydrogens is 162 g/mol. The fraction of sp³-hybridized carbons (Fsp3) is 1.00. The summed E-state index contributed by atoms with van der Waals surface area (Å²) in [5.74, 6) is 0. The molecular formula is C11H23NO. The second-order valence-electron chi connectivity index (χ2n) is 5.70. The zero-order valence-corrected chi connectivity index (χ0v) is 9.14. The van der Waals surface area contributed by atoms with Crippen molar-refractivity contribution in [2.75, 3.05) is 6.54 Å². The van der Waals surface area contributed by atoms with Gasteiger partial charge in [0.1, 0.15) is 0 Å². The highest BCUT2D eigenvalue weighted by atomic mass is 16.3. The molecule has 0 bridgehead atoms.